The first-order chi connectivity index (χ1) is 15.0. The molecule has 1 aromatic carbocycles. The first kappa shape index (κ1) is 22.6. The number of pyridine rings is 1. The minimum Gasteiger partial charge on any atom is -0.373 e. The van der Waals surface area contributed by atoms with Gasteiger partial charge in [0.2, 0.25) is 5.91 Å². The number of rotatable bonds is 7. The van der Waals surface area contributed by atoms with Crippen molar-refractivity contribution in [3.63, 3.8) is 0 Å². The molecule has 2 atom stereocenters. The molecule has 1 amide bonds. The molecule has 2 aromatic rings. The Kier molecular flexibility index (Phi) is 7.48. The summed E-state index contributed by atoms with van der Waals surface area (Å²) in [6, 6.07) is 13.5. The third-order valence-corrected chi connectivity index (χ3v) is 6.38. The number of morpholine rings is 1. The maximum absolute atomic E-state index is 12.2. The van der Waals surface area contributed by atoms with Crippen LogP contribution in [0, 0.1) is 22.7 Å². The van der Waals surface area contributed by atoms with Crippen molar-refractivity contribution in [3.8, 4) is 12.1 Å². The average molecular weight is 437 g/mol. The molecule has 2 heterocycles. The van der Waals surface area contributed by atoms with E-state index in [1.165, 1.54) is 0 Å². The highest BCUT2D eigenvalue weighted by Crippen LogP contribution is 2.39. The van der Waals surface area contributed by atoms with Crippen LogP contribution in [0.15, 0.2) is 35.4 Å². The number of thioether (sulfide) groups is 1. The molecule has 1 aliphatic heterocycles. The first-order valence-electron chi connectivity index (χ1n) is 9.98. The zero-order valence-electron chi connectivity index (χ0n) is 17.2. The van der Waals surface area contributed by atoms with Crippen molar-refractivity contribution < 1.29 is 9.53 Å². The van der Waals surface area contributed by atoms with Crippen LogP contribution in [0.4, 0.5) is 5.82 Å². The van der Waals surface area contributed by atoms with Crippen molar-refractivity contribution in [2.75, 3.05) is 31.1 Å². The van der Waals surface area contributed by atoms with Gasteiger partial charge in [-0.2, -0.15) is 10.5 Å². The molecule has 0 saturated carbocycles. The van der Waals surface area contributed by atoms with E-state index in [1.807, 2.05) is 42.2 Å². The van der Waals surface area contributed by atoms with Crippen LogP contribution in [-0.2, 0) is 16.0 Å². The number of amides is 1. The molecule has 0 bridgehead atoms. The van der Waals surface area contributed by atoms with E-state index in [2.05, 4.69) is 12.1 Å². The summed E-state index contributed by atoms with van der Waals surface area (Å²) >= 11 is 1.13. The molecule has 3 rings (SSSR count). The van der Waals surface area contributed by atoms with Crippen molar-refractivity contribution in [2.24, 2.45) is 11.5 Å². The Labute approximate surface area is 185 Å². The fraction of sp³-hybridized carbons (Fsp3) is 0.364. The smallest absolute Gasteiger partial charge is 0.235 e. The molecule has 1 unspecified atom stereocenters. The van der Waals surface area contributed by atoms with Gasteiger partial charge in [-0.15, -0.1) is 0 Å². The Hall–Kier alpha value is -3.11. The first-order valence-corrected chi connectivity index (χ1v) is 10.9. The Bertz CT molecular complexity index is 1030. The summed E-state index contributed by atoms with van der Waals surface area (Å²) in [5.41, 5.74) is 13.5. The van der Waals surface area contributed by atoms with Gasteiger partial charge in [0.1, 0.15) is 28.2 Å². The number of nitrogens with two attached hydrogens (primary N) is 2. The number of carbonyl (C=O) groups is 1. The number of carbonyl (C=O) groups excluding carboxylic acids is 1. The zero-order valence-corrected chi connectivity index (χ0v) is 18.1. The Morgan fingerprint density at radius 3 is 2.61 bits per heavy atom. The summed E-state index contributed by atoms with van der Waals surface area (Å²) in [5, 5.41) is 19.4. The maximum Gasteiger partial charge on any atom is 0.235 e. The summed E-state index contributed by atoms with van der Waals surface area (Å²) in [4.78, 5) is 18.9. The predicted octanol–water partition coefficient (Wildman–Crippen LogP) is 1.87. The Morgan fingerprint density at radius 1 is 1.32 bits per heavy atom. The highest BCUT2D eigenvalue weighted by atomic mass is 32.2. The van der Waals surface area contributed by atoms with Gasteiger partial charge in [-0.25, -0.2) is 4.98 Å². The van der Waals surface area contributed by atoms with Crippen molar-refractivity contribution >= 4 is 23.5 Å². The molecule has 1 saturated heterocycles. The lowest BCUT2D eigenvalue weighted by Crippen LogP contribution is -2.46. The van der Waals surface area contributed by atoms with Crippen LogP contribution in [-0.4, -0.2) is 43.2 Å². The maximum atomic E-state index is 12.2. The van der Waals surface area contributed by atoms with Crippen LogP contribution in [0.3, 0.4) is 0 Å². The topological polar surface area (TPSA) is 142 Å². The van der Waals surface area contributed by atoms with E-state index in [9.17, 15) is 15.3 Å². The second-order valence-corrected chi connectivity index (χ2v) is 8.13. The minimum atomic E-state index is -0.715. The van der Waals surface area contributed by atoms with Crippen LogP contribution >= 0.6 is 11.8 Å². The second kappa shape index (κ2) is 10.3. The number of nitriles is 2. The molecule has 1 aliphatic rings. The third kappa shape index (κ3) is 4.80. The summed E-state index contributed by atoms with van der Waals surface area (Å²) in [5.74, 6) is -0.0423. The molecule has 0 spiro atoms. The molecule has 4 N–H and O–H groups in total. The summed E-state index contributed by atoms with van der Waals surface area (Å²) in [6.07, 6.45) is 0.313. The van der Waals surface area contributed by atoms with E-state index in [0.717, 1.165) is 17.3 Å². The molecular formula is C22H24N6O2S. The predicted molar refractivity (Wildman–Crippen MR) is 118 cm³/mol. The molecule has 31 heavy (non-hydrogen) atoms. The monoisotopic (exact) mass is 436 g/mol. The quantitative estimate of drug-likeness (QED) is 0.626. The van der Waals surface area contributed by atoms with Gasteiger partial charge in [0.05, 0.1) is 23.8 Å². The lowest BCUT2D eigenvalue weighted by Gasteiger charge is -2.34. The summed E-state index contributed by atoms with van der Waals surface area (Å²) in [6.45, 7) is 3.76. The highest BCUT2D eigenvalue weighted by molar-refractivity contribution is 8.00. The van der Waals surface area contributed by atoms with Gasteiger partial charge < -0.3 is 21.1 Å². The van der Waals surface area contributed by atoms with Gasteiger partial charge in [-0.3, -0.25) is 4.79 Å². The lowest BCUT2D eigenvalue weighted by molar-refractivity contribution is -0.117. The number of hydrogen-bond donors (Lipinski definition) is 2. The van der Waals surface area contributed by atoms with E-state index < -0.39 is 11.2 Å². The van der Waals surface area contributed by atoms with Crippen LogP contribution in [0.1, 0.15) is 34.4 Å². The van der Waals surface area contributed by atoms with Crippen molar-refractivity contribution in [3.05, 3.63) is 52.6 Å². The molecule has 0 radical (unpaired) electrons. The molecule has 1 fully saturated rings. The fourth-order valence-corrected chi connectivity index (χ4v) is 4.64. The Morgan fingerprint density at radius 2 is 2.03 bits per heavy atom. The van der Waals surface area contributed by atoms with E-state index in [-0.39, 0.29) is 6.10 Å². The number of hydrogen-bond acceptors (Lipinski definition) is 8. The second-order valence-electron chi connectivity index (χ2n) is 7.03. The summed E-state index contributed by atoms with van der Waals surface area (Å²) in [7, 11) is 0. The molecule has 8 nitrogen and oxygen atoms in total. The molecule has 1 aromatic heterocycles. The molecule has 9 heteroatoms. The largest absolute Gasteiger partial charge is 0.373 e. The molecule has 0 aliphatic carbocycles. The van der Waals surface area contributed by atoms with Crippen LogP contribution in [0.2, 0.25) is 0 Å². The minimum absolute atomic E-state index is 0.165. The van der Waals surface area contributed by atoms with E-state index in [1.54, 1.807) is 0 Å². The van der Waals surface area contributed by atoms with Gasteiger partial charge in [0, 0.05) is 19.6 Å². The van der Waals surface area contributed by atoms with Gasteiger partial charge in [-0.1, -0.05) is 49.0 Å². The summed E-state index contributed by atoms with van der Waals surface area (Å²) < 4.78 is 5.64. The number of aromatic nitrogens is 1. The van der Waals surface area contributed by atoms with Crippen LogP contribution in [0.25, 0.3) is 0 Å². The third-order valence-electron chi connectivity index (χ3n) is 5.12. The Balaban J connectivity index is 2.12. The van der Waals surface area contributed by atoms with Crippen molar-refractivity contribution in [1.29, 1.82) is 10.5 Å². The average Bonchev–Trinajstić information content (AvgIpc) is 2.81. The van der Waals surface area contributed by atoms with Gasteiger partial charge in [0.15, 0.2) is 0 Å². The van der Waals surface area contributed by atoms with Gasteiger partial charge in [0.25, 0.3) is 0 Å². The standard InChI is InChI=1S/C22H24N6O2S/c1-2-16-17(11-24)21(28-8-9-30-15(10-23)13-28)27-22(18(16)12-25)31-19(20(26)29)14-6-4-3-5-7-14/h3-7,15,19H,2,8-10,13,23H2,1H3,(H2,26,29)/t15-,19?/m1/s1. The zero-order chi connectivity index (χ0) is 22.4. The van der Waals surface area contributed by atoms with Crippen molar-refractivity contribution in [1.82, 2.24) is 4.98 Å². The SMILES string of the molecule is CCc1c(C#N)c(SC(C(N)=O)c2ccccc2)nc(N2CCO[C@H](CN)C2)c1C#N. The van der Waals surface area contributed by atoms with E-state index in [4.69, 9.17) is 21.2 Å². The number of primary amides is 1. The van der Waals surface area contributed by atoms with Crippen LogP contribution < -0.4 is 16.4 Å². The van der Waals surface area contributed by atoms with Crippen LogP contribution in [0.5, 0.6) is 0 Å². The molecule has 160 valence electrons. The van der Waals surface area contributed by atoms with E-state index in [0.29, 0.717) is 60.2 Å². The van der Waals surface area contributed by atoms with Gasteiger partial charge in [-0.05, 0) is 17.5 Å². The molecular weight excluding hydrogens is 412 g/mol. The van der Waals surface area contributed by atoms with E-state index >= 15 is 0 Å². The van der Waals surface area contributed by atoms with Gasteiger partial charge >= 0.3 is 0 Å². The lowest BCUT2D eigenvalue weighted by atomic mass is 10.0. The number of nitrogens with zero attached hydrogens (tertiary/aromatic N) is 4. The number of anilines is 1. The van der Waals surface area contributed by atoms with Crippen molar-refractivity contribution in [2.45, 2.75) is 29.7 Å². The normalized spacial score (nSPS) is 16.9. The number of benzene rings is 1. The highest BCUT2D eigenvalue weighted by Gasteiger charge is 2.29. The number of ether oxygens (including phenoxy) is 1. The fourth-order valence-electron chi connectivity index (χ4n) is 3.58.